The van der Waals surface area contributed by atoms with Gasteiger partial charge in [0, 0.05) is 37.3 Å². The van der Waals surface area contributed by atoms with Crippen LogP contribution in [0, 0.1) is 11.3 Å². The summed E-state index contributed by atoms with van der Waals surface area (Å²) < 4.78 is 0. The summed E-state index contributed by atoms with van der Waals surface area (Å²) in [4.78, 5) is 22.0. The van der Waals surface area contributed by atoms with Crippen molar-refractivity contribution in [3.8, 4) is 6.07 Å². The fourth-order valence-electron chi connectivity index (χ4n) is 2.99. The first kappa shape index (κ1) is 18.2. The summed E-state index contributed by atoms with van der Waals surface area (Å²) in [7, 11) is 0. The molecule has 1 aliphatic rings. The Morgan fingerprint density at radius 1 is 1.23 bits per heavy atom. The summed E-state index contributed by atoms with van der Waals surface area (Å²) in [6.07, 6.45) is 3.70. The molecule has 1 N–H and O–H groups in total. The molecule has 2 aromatic rings. The topological polar surface area (TPSA) is 72.3 Å². The molecule has 1 aromatic heterocycles. The third-order valence-corrected chi connectivity index (χ3v) is 5.12. The van der Waals surface area contributed by atoms with Crippen LogP contribution in [-0.2, 0) is 4.79 Å². The van der Waals surface area contributed by atoms with E-state index in [1.807, 2.05) is 30.5 Å². The van der Waals surface area contributed by atoms with Gasteiger partial charge in [-0.1, -0.05) is 12.1 Å². The standard InChI is InChI=1S/C19H21N5OS/c1-26-17-7-3-2-6-16(17)22-18(25)14-23-9-11-24(12-10-23)19-15(13-20)5-4-8-21-19/h2-8H,9-12,14H2,1H3,(H,22,25). The predicted molar refractivity (Wildman–Crippen MR) is 104 cm³/mol. The van der Waals surface area contributed by atoms with Crippen molar-refractivity contribution in [2.24, 2.45) is 0 Å². The largest absolute Gasteiger partial charge is 0.353 e. The summed E-state index contributed by atoms with van der Waals surface area (Å²) in [6.45, 7) is 3.39. The van der Waals surface area contributed by atoms with E-state index < -0.39 is 0 Å². The number of anilines is 2. The molecule has 2 heterocycles. The number of aromatic nitrogens is 1. The zero-order valence-corrected chi connectivity index (χ0v) is 15.5. The maximum absolute atomic E-state index is 12.4. The quantitative estimate of drug-likeness (QED) is 0.819. The Morgan fingerprint density at radius 3 is 2.73 bits per heavy atom. The summed E-state index contributed by atoms with van der Waals surface area (Å²) in [5.74, 6) is 0.725. The highest BCUT2D eigenvalue weighted by molar-refractivity contribution is 7.98. The Morgan fingerprint density at radius 2 is 2.00 bits per heavy atom. The number of hydrogen-bond acceptors (Lipinski definition) is 6. The normalized spacial score (nSPS) is 14.7. The number of nitriles is 1. The maximum Gasteiger partial charge on any atom is 0.238 e. The van der Waals surface area contributed by atoms with Gasteiger partial charge in [0.15, 0.2) is 0 Å². The van der Waals surface area contributed by atoms with Gasteiger partial charge in [-0.05, 0) is 30.5 Å². The van der Waals surface area contributed by atoms with Crippen LogP contribution in [0.2, 0.25) is 0 Å². The van der Waals surface area contributed by atoms with Crippen LogP contribution in [-0.4, -0.2) is 54.8 Å². The number of para-hydroxylation sites is 1. The molecule has 6 nitrogen and oxygen atoms in total. The van der Waals surface area contributed by atoms with E-state index in [9.17, 15) is 10.1 Å². The Balaban J connectivity index is 1.54. The van der Waals surface area contributed by atoms with E-state index in [4.69, 9.17) is 0 Å². The summed E-state index contributed by atoms with van der Waals surface area (Å²) in [5, 5.41) is 12.2. The van der Waals surface area contributed by atoms with E-state index in [2.05, 4.69) is 26.2 Å². The highest BCUT2D eigenvalue weighted by atomic mass is 32.2. The predicted octanol–water partition coefficient (Wildman–Crippen LogP) is 2.44. The molecule has 1 aliphatic heterocycles. The van der Waals surface area contributed by atoms with Crippen molar-refractivity contribution in [2.45, 2.75) is 4.90 Å². The molecule has 1 amide bonds. The number of pyridine rings is 1. The smallest absolute Gasteiger partial charge is 0.238 e. The van der Waals surface area contributed by atoms with Crippen molar-refractivity contribution in [3.05, 3.63) is 48.2 Å². The molecule has 134 valence electrons. The molecule has 0 aliphatic carbocycles. The first-order chi connectivity index (χ1) is 12.7. The first-order valence-corrected chi connectivity index (χ1v) is 9.69. The molecule has 0 unspecified atom stereocenters. The van der Waals surface area contributed by atoms with Crippen LogP contribution in [0.4, 0.5) is 11.5 Å². The Labute approximate surface area is 157 Å². The van der Waals surface area contributed by atoms with Gasteiger partial charge in [-0.2, -0.15) is 5.26 Å². The van der Waals surface area contributed by atoms with E-state index in [-0.39, 0.29) is 5.91 Å². The second kappa shape index (κ2) is 8.70. The zero-order chi connectivity index (χ0) is 18.4. The van der Waals surface area contributed by atoms with Gasteiger partial charge in [0.1, 0.15) is 11.9 Å². The van der Waals surface area contributed by atoms with Gasteiger partial charge in [-0.3, -0.25) is 9.69 Å². The van der Waals surface area contributed by atoms with Gasteiger partial charge in [-0.25, -0.2) is 4.98 Å². The van der Waals surface area contributed by atoms with E-state index in [0.29, 0.717) is 12.1 Å². The number of nitrogens with zero attached hydrogens (tertiary/aromatic N) is 4. The SMILES string of the molecule is CSc1ccccc1NC(=O)CN1CCN(c2ncccc2C#N)CC1. The van der Waals surface area contributed by atoms with Crippen LogP contribution in [0.3, 0.4) is 0 Å². The second-order valence-corrected chi connectivity index (χ2v) is 6.85. The molecule has 26 heavy (non-hydrogen) atoms. The van der Waals surface area contributed by atoms with E-state index >= 15 is 0 Å². The number of benzene rings is 1. The van der Waals surface area contributed by atoms with E-state index in [1.54, 1.807) is 30.1 Å². The molecule has 7 heteroatoms. The van der Waals surface area contributed by atoms with Crippen LogP contribution in [0.1, 0.15) is 5.56 Å². The van der Waals surface area contributed by atoms with Crippen LogP contribution in [0.15, 0.2) is 47.5 Å². The van der Waals surface area contributed by atoms with Crippen molar-refractivity contribution in [1.82, 2.24) is 9.88 Å². The van der Waals surface area contributed by atoms with E-state index in [1.165, 1.54) is 0 Å². The fourth-order valence-corrected chi connectivity index (χ4v) is 3.55. The lowest BCUT2D eigenvalue weighted by atomic mass is 10.2. The van der Waals surface area contributed by atoms with Gasteiger partial charge in [0.25, 0.3) is 0 Å². The van der Waals surface area contributed by atoms with Gasteiger partial charge in [0.05, 0.1) is 17.8 Å². The number of piperazine rings is 1. The molecule has 1 saturated heterocycles. The van der Waals surface area contributed by atoms with Crippen molar-refractivity contribution < 1.29 is 4.79 Å². The third-order valence-electron chi connectivity index (χ3n) is 4.33. The number of rotatable bonds is 5. The second-order valence-electron chi connectivity index (χ2n) is 6.00. The average Bonchev–Trinajstić information content (AvgIpc) is 2.69. The lowest BCUT2D eigenvalue weighted by Gasteiger charge is -2.35. The highest BCUT2D eigenvalue weighted by Gasteiger charge is 2.21. The first-order valence-electron chi connectivity index (χ1n) is 8.46. The zero-order valence-electron chi connectivity index (χ0n) is 14.7. The molecular weight excluding hydrogens is 346 g/mol. The van der Waals surface area contributed by atoms with Gasteiger partial charge < -0.3 is 10.2 Å². The van der Waals surface area contributed by atoms with Gasteiger partial charge >= 0.3 is 0 Å². The maximum atomic E-state index is 12.4. The Hall–Kier alpha value is -2.56. The number of carbonyl (C=O) groups is 1. The van der Waals surface area contributed by atoms with Gasteiger partial charge in [0.2, 0.25) is 5.91 Å². The van der Waals surface area contributed by atoms with Crippen molar-refractivity contribution in [2.75, 3.05) is 49.2 Å². The molecule has 3 rings (SSSR count). The molecule has 1 fully saturated rings. The number of amides is 1. The van der Waals surface area contributed by atoms with Crippen LogP contribution >= 0.6 is 11.8 Å². The third kappa shape index (κ3) is 4.34. The summed E-state index contributed by atoms with van der Waals surface area (Å²) in [5.41, 5.74) is 1.45. The van der Waals surface area contributed by atoms with Crippen molar-refractivity contribution in [3.63, 3.8) is 0 Å². The number of nitrogens with one attached hydrogen (secondary N) is 1. The molecule has 1 aromatic carbocycles. The molecule has 0 atom stereocenters. The fraction of sp³-hybridized carbons (Fsp3) is 0.316. The van der Waals surface area contributed by atoms with Gasteiger partial charge in [-0.15, -0.1) is 11.8 Å². The van der Waals surface area contributed by atoms with Crippen LogP contribution in [0.25, 0.3) is 0 Å². The summed E-state index contributed by atoms with van der Waals surface area (Å²) >= 11 is 1.62. The minimum atomic E-state index is -0.00417. The lowest BCUT2D eigenvalue weighted by molar-refractivity contribution is -0.117. The lowest BCUT2D eigenvalue weighted by Crippen LogP contribution is -2.49. The molecule has 0 saturated carbocycles. The van der Waals surface area contributed by atoms with Crippen LogP contribution in [0.5, 0.6) is 0 Å². The number of carbonyl (C=O) groups excluding carboxylic acids is 1. The van der Waals surface area contributed by atoms with Crippen molar-refractivity contribution >= 4 is 29.2 Å². The highest BCUT2D eigenvalue weighted by Crippen LogP contribution is 2.24. The molecule has 0 bridgehead atoms. The number of hydrogen-bond donors (Lipinski definition) is 1. The minimum Gasteiger partial charge on any atom is -0.353 e. The summed E-state index contributed by atoms with van der Waals surface area (Å²) in [6, 6.07) is 13.6. The van der Waals surface area contributed by atoms with Crippen LogP contribution < -0.4 is 10.2 Å². The molecule has 0 radical (unpaired) electrons. The number of thioether (sulfide) groups is 1. The Kier molecular flexibility index (Phi) is 6.10. The average molecular weight is 367 g/mol. The monoisotopic (exact) mass is 367 g/mol. The van der Waals surface area contributed by atoms with E-state index in [0.717, 1.165) is 42.6 Å². The minimum absolute atomic E-state index is 0.00417. The van der Waals surface area contributed by atoms with Crippen molar-refractivity contribution in [1.29, 1.82) is 5.26 Å². The molecular formula is C19H21N5OS. The molecule has 0 spiro atoms. The Bertz CT molecular complexity index is 812.